The van der Waals surface area contributed by atoms with Crippen LogP contribution in [0.5, 0.6) is 5.75 Å². The first-order valence-electron chi connectivity index (χ1n) is 5.42. The van der Waals surface area contributed by atoms with Gasteiger partial charge >= 0.3 is 0 Å². The number of aryl methyl sites for hydroxylation is 1. The van der Waals surface area contributed by atoms with E-state index in [0.29, 0.717) is 0 Å². The Bertz CT molecular complexity index is 541. The van der Waals surface area contributed by atoms with Gasteiger partial charge in [0.25, 0.3) is 0 Å². The molecule has 0 saturated carbocycles. The Balaban J connectivity index is 0.00000162. The number of carbonyl (C=O) groups is 1. The van der Waals surface area contributed by atoms with E-state index >= 15 is 0 Å². The third-order valence-electron chi connectivity index (χ3n) is 2.54. The summed E-state index contributed by atoms with van der Waals surface area (Å²) < 4.78 is 1.75. The molecule has 0 spiro atoms. The zero-order chi connectivity index (χ0) is 12.3. The maximum absolute atomic E-state index is 12.0. The molecule has 4 heteroatoms. The third kappa shape index (κ3) is 3.53. The minimum Gasteiger partial charge on any atom is -0.872 e. The lowest BCUT2D eigenvalue weighted by Crippen LogP contribution is -2.37. The van der Waals surface area contributed by atoms with Gasteiger partial charge in [-0.2, -0.15) is 4.57 Å². The first-order chi connectivity index (χ1) is 8.16. The summed E-state index contributed by atoms with van der Waals surface area (Å²) in [4.78, 5) is 12.0. The van der Waals surface area contributed by atoms with Gasteiger partial charge < -0.3 is 5.11 Å². The summed E-state index contributed by atoms with van der Waals surface area (Å²) in [6, 6.07) is 10.4. The van der Waals surface area contributed by atoms with Crippen LogP contribution in [0.2, 0.25) is 0 Å². The number of ketones is 1. The topological polar surface area (TPSA) is 44.0 Å². The molecule has 0 bridgehead atoms. The maximum Gasteiger partial charge on any atom is 0.226 e. The van der Waals surface area contributed by atoms with Crippen molar-refractivity contribution in [2.75, 3.05) is 0 Å². The van der Waals surface area contributed by atoms with Gasteiger partial charge in [0, 0.05) is 17.7 Å². The summed E-state index contributed by atoms with van der Waals surface area (Å²) in [5, 5.41) is 11.6. The van der Waals surface area contributed by atoms with E-state index in [4.69, 9.17) is 0 Å². The number of rotatable bonds is 3. The summed E-state index contributed by atoms with van der Waals surface area (Å²) in [6.07, 6.45) is 3.61. The highest BCUT2D eigenvalue weighted by Crippen LogP contribution is 2.15. The summed E-state index contributed by atoms with van der Waals surface area (Å²) in [6.45, 7) is 2.06. The number of nitrogens with zero attached hydrogens (tertiary/aromatic N) is 1. The Morgan fingerprint density at radius 3 is 2.56 bits per heavy atom. The lowest BCUT2D eigenvalue weighted by atomic mass is 10.1. The quantitative estimate of drug-likeness (QED) is 0.479. The van der Waals surface area contributed by atoms with Crippen molar-refractivity contribution in [3.05, 3.63) is 59.9 Å². The van der Waals surface area contributed by atoms with Crippen molar-refractivity contribution in [3.8, 4) is 5.75 Å². The second kappa shape index (κ2) is 6.49. The number of pyridine rings is 1. The SMILES string of the molecule is Cc1ccc([O-])c(C(=O)C[n+]2ccccc2)c1.I. The first-order valence-corrected chi connectivity index (χ1v) is 5.42. The number of hydrogen-bond donors (Lipinski definition) is 0. The van der Waals surface area contributed by atoms with Gasteiger partial charge in [0.05, 0.1) is 0 Å². The molecule has 0 atom stereocenters. The lowest BCUT2D eigenvalue weighted by Gasteiger charge is -2.11. The number of hydrogen-bond acceptors (Lipinski definition) is 2. The van der Waals surface area contributed by atoms with Crippen LogP contribution in [0, 0.1) is 6.92 Å². The molecule has 0 fully saturated rings. The zero-order valence-corrected chi connectivity index (χ0v) is 12.3. The van der Waals surface area contributed by atoms with Crippen LogP contribution in [-0.2, 0) is 6.54 Å². The van der Waals surface area contributed by atoms with Crippen LogP contribution in [0.1, 0.15) is 15.9 Å². The molecule has 1 heterocycles. The molecule has 0 unspecified atom stereocenters. The van der Waals surface area contributed by atoms with Crippen molar-refractivity contribution >= 4 is 29.8 Å². The Kier molecular flexibility index (Phi) is 5.27. The normalized spacial score (nSPS) is 9.61. The lowest BCUT2D eigenvalue weighted by molar-refractivity contribution is -0.683. The van der Waals surface area contributed by atoms with Crippen LogP contribution in [0.3, 0.4) is 0 Å². The molecule has 3 nitrogen and oxygen atoms in total. The molecule has 0 aliphatic rings. The van der Waals surface area contributed by atoms with E-state index in [9.17, 15) is 9.90 Å². The monoisotopic (exact) mass is 355 g/mol. The fraction of sp³-hybridized carbons (Fsp3) is 0.143. The number of aromatic nitrogens is 1. The Labute approximate surface area is 123 Å². The van der Waals surface area contributed by atoms with Gasteiger partial charge in [-0.25, -0.2) is 0 Å². The highest BCUT2D eigenvalue weighted by molar-refractivity contribution is 14.0. The van der Waals surface area contributed by atoms with Crippen LogP contribution in [0.15, 0.2) is 48.8 Å². The van der Waals surface area contributed by atoms with Gasteiger partial charge in [-0.05, 0) is 13.0 Å². The van der Waals surface area contributed by atoms with E-state index in [2.05, 4.69) is 0 Å². The van der Waals surface area contributed by atoms with Crippen LogP contribution in [0.25, 0.3) is 0 Å². The van der Waals surface area contributed by atoms with Crippen molar-refractivity contribution in [2.45, 2.75) is 13.5 Å². The molecule has 0 N–H and O–H groups in total. The maximum atomic E-state index is 12.0. The standard InChI is InChI=1S/C14H13NO2.HI/c1-11-5-6-13(16)12(9-11)14(17)10-15-7-3-2-4-8-15;/h2-9H,10H2,1H3;1H. The predicted molar refractivity (Wildman–Crippen MR) is 77.0 cm³/mol. The average molecular weight is 355 g/mol. The fourth-order valence-electron chi connectivity index (χ4n) is 1.65. The molecular weight excluding hydrogens is 341 g/mol. The average Bonchev–Trinajstić information content (AvgIpc) is 2.33. The summed E-state index contributed by atoms with van der Waals surface area (Å²) >= 11 is 0. The van der Waals surface area contributed by atoms with E-state index in [0.717, 1.165) is 5.56 Å². The molecule has 0 radical (unpaired) electrons. The van der Waals surface area contributed by atoms with Crippen LogP contribution >= 0.6 is 24.0 Å². The highest BCUT2D eigenvalue weighted by Gasteiger charge is 2.12. The van der Waals surface area contributed by atoms with Crippen molar-refractivity contribution in [1.82, 2.24) is 0 Å². The summed E-state index contributed by atoms with van der Waals surface area (Å²) in [5.74, 6) is -0.368. The second-order valence-electron chi connectivity index (χ2n) is 3.97. The number of carbonyl (C=O) groups excluding carboxylic acids is 1. The van der Waals surface area contributed by atoms with E-state index in [1.54, 1.807) is 29.1 Å². The molecule has 0 saturated heterocycles. The summed E-state index contributed by atoms with van der Waals surface area (Å²) in [5.41, 5.74) is 1.19. The van der Waals surface area contributed by atoms with Crippen molar-refractivity contribution in [1.29, 1.82) is 0 Å². The third-order valence-corrected chi connectivity index (χ3v) is 2.54. The fourth-order valence-corrected chi connectivity index (χ4v) is 1.65. The number of benzene rings is 1. The minimum atomic E-state index is -0.211. The smallest absolute Gasteiger partial charge is 0.226 e. The van der Waals surface area contributed by atoms with Crippen molar-refractivity contribution < 1.29 is 14.5 Å². The summed E-state index contributed by atoms with van der Waals surface area (Å²) in [7, 11) is 0. The largest absolute Gasteiger partial charge is 0.872 e. The Morgan fingerprint density at radius 1 is 1.22 bits per heavy atom. The van der Waals surface area contributed by atoms with E-state index < -0.39 is 0 Å². The number of Topliss-reactive ketones (excluding diaryl/α,β-unsaturated/α-hetero) is 1. The zero-order valence-electron chi connectivity index (χ0n) is 10.00. The molecule has 1 aromatic heterocycles. The molecule has 0 aliphatic heterocycles. The highest BCUT2D eigenvalue weighted by atomic mass is 127. The van der Waals surface area contributed by atoms with Crippen LogP contribution < -0.4 is 9.67 Å². The van der Waals surface area contributed by atoms with Gasteiger partial charge in [0.2, 0.25) is 12.3 Å². The second-order valence-corrected chi connectivity index (χ2v) is 3.97. The molecule has 1 aromatic carbocycles. The number of halogens is 1. The molecule has 2 aromatic rings. The van der Waals surface area contributed by atoms with Gasteiger partial charge in [-0.1, -0.05) is 29.5 Å². The molecule has 2 rings (SSSR count). The van der Waals surface area contributed by atoms with E-state index in [1.807, 2.05) is 25.1 Å². The van der Waals surface area contributed by atoms with Crippen LogP contribution in [0.4, 0.5) is 0 Å². The van der Waals surface area contributed by atoms with E-state index in [1.165, 1.54) is 6.07 Å². The van der Waals surface area contributed by atoms with Crippen molar-refractivity contribution in [2.24, 2.45) is 0 Å². The molecule has 0 amide bonds. The van der Waals surface area contributed by atoms with Gasteiger partial charge in [0.15, 0.2) is 12.4 Å². The van der Waals surface area contributed by atoms with Crippen molar-refractivity contribution in [3.63, 3.8) is 0 Å². The van der Waals surface area contributed by atoms with Gasteiger partial charge in [-0.15, -0.1) is 24.0 Å². The molecular formula is C14H14INO2. The molecule has 0 aliphatic carbocycles. The van der Waals surface area contributed by atoms with E-state index in [-0.39, 0.29) is 47.6 Å². The minimum absolute atomic E-state index is 0. The Hall–Kier alpha value is -1.43. The Morgan fingerprint density at radius 2 is 1.89 bits per heavy atom. The van der Waals surface area contributed by atoms with Gasteiger partial charge in [-0.3, -0.25) is 4.79 Å². The van der Waals surface area contributed by atoms with Gasteiger partial charge in [0.1, 0.15) is 0 Å². The molecule has 18 heavy (non-hydrogen) atoms. The molecule has 94 valence electrons. The van der Waals surface area contributed by atoms with Crippen LogP contribution in [-0.4, -0.2) is 5.78 Å². The predicted octanol–water partition coefficient (Wildman–Crippen LogP) is 1.86. The first kappa shape index (κ1) is 14.6.